The number of nitrogens with zero attached hydrogens (tertiary/aromatic N) is 1. The molecular formula is C21H25FN4O2S. The first kappa shape index (κ1) is 21.0. The fourth-order valence-corrected chi connectivity index (χ4v) is 3.81. The van der Waals surface area contributed by atoms with Crippen LogP contribution in [-0.2, 0) is 17.1 Å². The first-order valence-corrected chi connectivity index (χ1v) is 10.7. The number of anilines is 1. The highest BCUT2D eigenvalue weighted by Gasteiger charge is 2.16. The number of nitrogens with one attached hydrogen (secondary N) is 3. The van der Waals surface area contributed by atoms with E-state index in [1.807, 2.05) is 35.2 Å². The summed E-state index contributed by atoms with van der Waals surface area (Å²) in [6, 6.07) is 14.3. The molecule has 3 rings (SSSR count). The van der Waals surface area contributed by atoms with Crippen LogP contribution in [-0.4, -0.2) is 43.9 Å². The van der Waals surface area contributed by atoms with Crippen LogP contribution in [0, 0.1) is 5.82 Å². The summed E-state index contributed by atoms with van der Waals surface area (Å²) in [4.78, 5) is 25.4. The molecule has 2 aromatic carbocycles. The van der Waals surface area contributed by atoms with Gasteiger partial charge in [-0.1, -0.05) is 30.3 Å². The van der Waals surface area contributed by atoms with Crippen molar-refractivity contribution in [3.8, 4) is 0 Å². The Labute approximate surface area is 174 Å². The minimum Gasteiger partial charge on any atom is -0.360 e. The molecule has 3 amide bonds. The van der Waals surface area contributed by atoms with Crippen molar-refractivity contribution in [1.29, 1.82) is 0 Å². The van der Waals surface area contributed by atoms with Crippen LogP contribution >= 0.6 is 11.8 Å². The summed E-state index contributed by atoms with van der Waals surface area (Å²) in [6.07, 6.45) is 0. The Morgan fingerprint density at radius 2 is 1.93 bits per heavy atom. The lowest BCUT2D eigenvalue weighted by atomic mass is 10.2. The van der Waals surface area contributed by atoms with Crippen molar-refractivity contribution in [2.75, 3.05) is 36.8 Å². The van der Waals surface area contributed by atoms with Crippen LogP contribution in [0.25, 0.3) is 0 Å². The molecule has 3 N–H and O–H groups in total. The number of urea groups is 1. The van der Waals surface area contributed by atoms with E-state index < -0.39 is 0 Å². The van der Waals surface area contributed by atoms with E-state index in [4.69, 9.17) is 0 Å². The molecule has 6 nitrogen and oxygen atoms in total. The molecule has 0 atom stereocenters. The topological polar surface area (TPSA) is 73.5 Å². The van der Waals surface area contributed by atoms with Gasteiger partial charge in [0.25, 0.3) is 0 Å². The number of halogens is 1. The predicted octanol–water partition coefficient (Wildman–Crippen LogP) is 2.49. The Balaban J connectivity index is 1.32. The molecule has 1 heterocycles. The zero-order chi connectivity index (χ0) is 20.5. The van der Waals surface area contributed by atoms with E-state index in [-0.39, 0.29) is 17.8 Å². The molecule has 0 spiro atoms. The smallest absolute Gasteiger partial charge is 0.315 e. The monoisotopic (exact) mass is 416 g/mol. The van der Waals surface area contributed by atoms with Crippen molar-refractivity contribution in [1.82, 2.24) is 16.0 Å². The Bertz CT molecular complexity index is 832. The lowest BCUT2D eigenvalue weighted by molar-refractivity contribution is -0.120. The van der Waals surface area contributed by atoms with Crippen LogP contribution in [0.1, 0.15) is 11.1 Å². The van der Waals surface area contributed by atoms with Crippen molar-refractivity contribution < 1.29 is 14.0 Å². The van der Waals surface area contributed by atoms with Gasteiger partial charge in [-0.25, -0.2) is 9.18 Å². The molecule has 0 unspecified atom stereocenters. The molecule has 0 radical (unpaired) electrons. The highest BCUT2D eigenvalue weighted by Crippen LogP contribution is 2.16. The van der Waals surface area contributed by atoms with E-state index in [0.717, 1.165) is 17.8 Å². The molecular weight excluding hydrogens is 391 g/mol. The summed E-state index contributed by atoms with van der Waals surface area (Å²) in [6.45, 7) is 2.76. The molecule has 8 heteroatoms. The number of benzene rings is 2. The molecule has 1 saturated heterocycles. The average Bonchev–Trinajstić information content (AvgIpc) is 2.73. The number of hydrogen-bond acceptors (Lipinski definition) is 4. The Morgan fingerprint density at radius 3 is 2.69 bits per heavy atom. The van der Waals surface area contributed by atoms with Gasteiger partial charge in [0.05, 0.1) is 6.54 Å². The maximum atomic E-state index is 13.5. The van der Waals surface area contributed by atoms with Crippen molar-refractivity contribution >= 4 is 29.4 Å². The molecule has 29 heavy (non-hydrogen) atoms. The molecule has 1 fully saturated rings. The molecule has 154 valence electrons. The van der Waals surface area contributed by atoms with Crippen molar-refractivity contribution in [3.05, 3.63) is 65.5 Å². The minimum atomic E-state index is -0.228. The van der Waals surface area contributed by atoms with E-state index in [1.54, 1.807) is 23.9 Å². The van der Waals surface area contributed by atoms with Crippen LogP contribution in [0.5, 0.6) is 0 Å². The lowest BCUT2D eigenvalue weighted by Gasteiger charge is -2.28. The normalized spacial score (nSPS) is 13.7. The van der Waals surface area contributed by atoms with Gasteiger partial charge in [-0.3, -0.25) is 4.79 Å². The van der Waals surface area contributed by atoms with Crippen molar-refractivity contribution in [2.24, 2.45) is 0 Å². The molecule has 0 aliphatic carbocycles. The first-order valence-electron chi connectivity index (χ1n) is 9.55. The van der Waals surface area contributed by atoms with Crippen LogP contribution in [0.15, 0.2) is 48.5 Å². The van der Waals surface area contributed by atoms with Crippen molar-refractivity contribution in [2.45, 2.75) is 12.3 Å². The summed E-state index contributed by atoms with van der Waals surface area (Å²) in [7, 11) is 0. The highest BCUT2D eigenvalue weighted by atomic mass is 32.2. The van der Waals surface area contributed by atoms with Gasteiger partial charge in [-0.2, -0.15) is 11.8 Å². The van der Waals surface area contributed by atoms with Gasteiger partial charge in [0, 0.05) is 43.4 Å². The molecule has 2 aromatic rings. The Hall–Kier alpha value is -2.74. The molecule has 0 aromatic heterocycles. The van der Waals surface area contributed by atoms with Gasteiger partial charge in [0.15, 0.2) is 0 Å². The van der Waals surface area contributed by atoms with E-state index in [1.165, 1.54) is 6.07 Å². The number of thioether (sulfide) groups is 1. The van der Waals surface area contributed by atoms with Crippen LogP contribution in [0.2, 0.25) is 0 Å². The second-order valence-electron chi connectivity index (χ2n) is 6.69. The maximum absolute atomic E-state index is 13.5. The van der Waals surface area contributed by atoms with Gasteiger partial charge in [0.1, 0.15) is 5.82 Å². The van der Waals surface area contributed by atoms with E-state index in [9.17, 15) is 14.0 Å². The Morgan fingerprint density at radius 1 is 1.14 bits per heavy atom. The van der Waals surface area contributed by atoms with E-state index in [2.05, 4.69) is 16.0 Å². The maximum Gasteiger partial charge on any atom is 0.315 e. The summed E-state index contributed by atoms with van der Waals surface area (Å²) in [5.74, 6) is 1.13. The summed E-state index contributed by atoms with van der Waals surface area (Å²) in [5, 5.41) is 8.44. The Kier molecular flexibility index (Phi) is 7.75. The third-order valence-corrected chi connectivity index (χ3v) is 5.55. The minimum absolute atomic E-state index is 0.0331. The molecule has 0 saturated carbocycles. The van der Waals surface area contributed by atoms with Crippen LogP contribution in [0.3, 0.4) is 0 Å². The van der Waals surface area contributed by atoms with Gasteiger partial charge in [-0.05, 0) is 29.3 Å². The second kappa shape index (κ2) is 10.7. The standard InChI is InChI=1S/C21H25FN4O2S/c22-19-4-2-1-3-17(19)15-29-12-10-24-21(28)25-13-16-5-7-18(8-6-16)26-11-9-23-20(27)14-26/h1-8H,9-15H2,(H,23,27)(H2,24,25,28). The largest absolute Gasteiger partial charge is 0.360 e. The number of piperazine rings is 1. The highest BCUT2D eigenvalue weighted by molar-refractivity contribution is 7.98. The lowest BCUT2D eigenvalue weighted by Crippen LogP contribution is -2.47. The number of carbonyl (C=O) groups is 2. The van der Waals surface area contributed by atoms with Crippen molar-refractivity contribution in [3.63, 3.8) is 0 Å². The van der Waals surface area contributed by atoms with E-state index >= 15 is 0 Å². The molecule has 1 aliphatic heterocycles. The van der Waals surface area contributed by atoms with Gasteiger partial charge < -0.3 is 20.9 Å². The third kappa shape index (κ3) is 6.67. The number of rotatable bonds is 8. The fraction of sp³-hybridized carbons (Fsp3) is 0.333. The van der Waals surface area contributed by atoms with Gasteiger partial charge in [-0.15, -0.1) is 0 Å². The fourth-order valence-electron chi connectivity index (χ4n) is 2.96. The van der Waals surface area contributed by atoms with Crippen LogP contribution < -0.4 is 20.9 Å². The van der Waals surface area contributed by atoms with E-state index in [0.29, 0.717) is 43.2 Å². The molecule has 1 aliphatic rings. The number of hydrogen-bond donors (Lipinski definition) is 3. The predicted molar refractivity (Wildman–Crippen MR) is 114 cm³/mol. The quantitative estimate of drug-likeness (QED) is 0.578. The van der Waals surface area contributed by atoms with Gasteiger partial charge >= 0.3 is 6.03 Å². The number of amides is 3. The zero-order valence-electron chi connectivity index (χ0n) is 16.1. The third-order valence-electron chi connectivity index (χ3n) is 4.54. The first-order chi connectivity index (χ1) is 14.1. The summed E-state index contributed by atoms with van der Waals surface area (Å²) < 4.78 is 13.5. The number of carbonyl (C=O) groups excluding carboxylic acids is 2. The molecule has 0 bridgehead atoms. The SMILES string of the molecule is O=C1CN(c2ccc(CNC(=O)NCCSCc3ccccc3F)cc2)CCN1. The summed E-state index contributed by atoms with van der Waals surface area (Å²) >= 11 is 1.58. The van der Waals surface area contributed by atoms with Crippen LogP contribution in [0.4, 0.5) is 14.9 Å². The zero-order valence-corrected chi connectivity index (χ0v) is 16.9. The summed E-state index contributed by atoms with van der Waals surface area (Å²) in [5.41, 5.74) is 2.66. The average molecular weight is 417 g/mol. The van der Waals surface area contributed by atoms with Gasteiger partial charge in [0.2, 0.25) is 5.91 Å². The second-order valence-corrected chi connectivity index (χ2v) is 7.80.